The molecular weight excluding hydrogens is 520 g/mol. The van der Waals surface area contributed by atoms with Gasteiger partial charge in [0.25, 0.3) is 0 Å². The summed E-state index contributed by atoms with van der Waals surface area (Å²) in [5, 5.41) is 0. The van der Waals surface area contributed by atoms with Gasteiger partial charge in [-0.1, -0.05) is 60.7 Å². The number of esters is 1. The van der Waals surface area contributed by atoms with Gasteiger partial charge in [0.15, 0.2) is 0 Å². The van der Waals surface area contributed by atoms with Crippen LogP contribution in [-0.4, -0.2) is 29.6 Å². The van der Waals surface area contributed by atoms with Crippen molar-refractivity contribution in [2.45, 2.75) is 13.8 Å². The lowest BCUT2D eigenvalue weighted by molar-refractivity contribution is -0.142. The molecule has 41 heavy (non-hydrogen) atoms. The van der Waals surface area contributed by atoms with Gasteiger partial charge in [0.1, 0.15) is 5.75 Å². The monoisotopic (exact) mass is 546 g/mol. The van der Waals surface area contributed by atoms with E-state index in [0.717, 1.165) is 11.1 Å². The molecule has 4 amide bonds. The first-order valence-corrected chi connectivity index (χ1v) is 13.7. The number of ether oxygens (including phenoxy) is 1. The van der Waals surface area contributed by atoms with Gasteiger partial charge in [0, 0.05) is 17.4 Å². The topological polar surface area (TPSA) is 101 Å². The number of para-hydroxylation sites is 3. The van der Waals surface area contributed by atoms with Crippen LogP contribution >= 0.6 is 0 Å². The first-order valence-electron chi connectivity index (χ1n) is 13.7. The Bertz CT molecular complexity index is 1600. The fourth-order valence-corrected chi connectivity index (χ4v) is 7.31. The fraction of sp³-hybridized carbons (Fsp3) is 0.242. The molecule has 0 radical (unpaired) electrons. The van der Waals surface area contributed by atoms with Crippen LogP contribution in [0.4, 0.5) is 11.4 Å². The summed E-state index contributed by atoms with van der Waals surface area (Å²) in [7, 11) is 0. The van der Waals surface area contributed by atoms with Crippen LogP contribution < -0.4 is 14.5 Å². The lowest BCUT2D eigenvalue weighted by Gasteiger charge is -2.46. The maximum absolute atomic E-state index is 14.1. The SMILES string of the molecule is Cc1ccccc1N1C(=O)C2C3C=C(C(=O)Oc4ccccc4)C(C2C1=O)C1C(=O)N(c2ccccc2C)C(=O)C31. The highest BCUT2D eigenvalue weighted by atomic mass is 16.5. The number of carbonyl (C=O) groups excluding carboxylic acids is 5. The Morgan fingerprint density at radius 1 is 0.585 bits per heavy atom. The summed E-state index contributed by atoms with van der Waals surface area (Å²) in [5.74, 6) is -7.59. The van der Waals surface area contributed by atoms with Gasteiger partial charge in [-0.2, -0.15) is 0 Å². The molecule has 204 valence electrons. The van der Waals surface area contributed by atoms with Gasteiger partial charge in [-0.15, -0.1) is 0 Å². The van der Waals surface area contributed by atoms with Crippen molar-refractivity contribution in [3.05, 3.63) is 102 Å². The zero-order valence-corrected chi connectivity index (χ0v) is 22.4. The van der Waals surface area contributed by atoms with E-state index in [0.29, 0.717) is 17.1 Å². The number of hydrogen-bond donors (Lipinski definition) is 0. The van der Waals surface area contributed by atoms with Gasteiger partial charge in [0.05, 0.1) is 35.0 Å². The van der Waals surface area contributed by atoms with Crippen LogP contribution in [0.25, 0.3) is 0 Å². The Kier molecular flexibility index (Phi) is 5.57. The molecule has 3 aliphatic carbocycles. The minimum absolute atomic E-state index is 0.168. The van der Waals surface area contributed by atoms with Crippen molar-refractivity contribution in [2.75, 3.05) is 9.80 Å². The molecule has 4 atom stereocenters. The van der Waals surface area contributed by atoms with E-state index in [9.17, 15) is 24.0 Å². The molecule has 2 bridgehead atoms. The van der Waals surface area contributed by atoms with Gasteiger partial charge >= 0.3 is 5.97 Å². The maximum Gasteiger partial charge on any atom is 0.339 e. The molecule has 1 saturated carbocycles. The average Bonchev–Trinajstić information content (AvgIpc) is 3.40. The quantitative estimate of drug-likeness (QED) is 0.279. The van der Waals surface area contributed by atoms with E-state index in [1.54, 1.807) is 60.7 Å². The number of hydrogen-bond acceptors (Lipinski definition) is 6. The van der Waals surface area contributed by atoms with E-state index in [-0.39, 0.29) is 5.57 Å². The lowest BCUT2D eigenvalue weighted by atomic mass is 9.52. The normalized spacial score (nSPS) is 28.1. The van der Waals surface area contributed by atoms with Crippen molar-refractivity contribution in [3.63, 3.8) is 0 Å². The highest BCUT2D eigenvalue weighted by Crippen LogP contribution is 2.61. The number of benzene rings is 3. The van der Waals surface area contributed by atoms with E-state index in [1.165, 1.54) is 9.80 Å². The standard InChI is InChI=1S/C33H26N2O6/c1-17-10-6-8-14-22(17)34-29(36)25-20-16-21(33(40)41-19-12-4-3-5-13-19)24(27(25)31(34)38)28-26(20)30(37)35(32(28)39)23-15-9-7-11-18(23)2/h3-16,20,24-28H,1-2H3. The number of amides is 4. The first-order chi connectivity index (χ1) is 19.8. The second-order valence-electron chi connectivity index (χ2n) is 11.1. The predicted octanol–water partition coefficient (Wildman–Crippen LogP) is 4.01. The highest BCUT2D eigenvalue weighted by molar-refractivity contribution is 6.27. The molecular formula is C33H26N2O6. The van der Waals surface area contributed by atoms with Crippen LogP contribution in [-0.2, 0) is 24.0 Å². The summed E-state index contributed by atoms with van der Waals surface area (Å²) in [4.78, 5) is 72.2. The largest absolute Gasteiger partial charge is 0.423 e. The highest BCUT2D eigenvalue weighted by Gasteiger charge is 2.71. The van der Waals surface area contributed by atoms with E-state index in [2.05, 4.69) is 0 Å². The van der Waals surface area contributed by atoms with Crippen LogP contribution in [0, 0.1) is 49.4 Å². The summed E-state index contributed by atoms with van der Waals surface area (Å²) in [6, 6.07) is 22.7. The van der Waals surface area contributed by atoms with E-state index < -0.39 is 65.1 Å². The van der Waals surface area contributed by atoms with E-state index in [4.69, 9.17) is 4.74 Å². The molecule has 3 aromatic rings. The number of imide groups is 2. The van der Waals surface area contributed by atoms with Gasteiger partial charge in [-0.3, -0.25) is 19.2 Å². The average molecular weight is 547 g/mol. The third kappa shape index (κ3) is 3.49. The molecule has 0 N–H and O–H groups in total. The minimum Gasteiger partial charge on any atom is -0.423 e. The molecule has 4 unspecified atom stereocenters. The summed E-state index contributed by atoms with van der Waals surface area (Å²) in [6.45, 7) is 3.63. The smallest absolute Gasteiger partial charge is 0.339 e. The Labute approximate surface area is 236 Å². The molecule has 2 aliphatic heterocycles. The molecule has 8 rings (SSSR count). The molecule has 2 saturated heterocycles. The number of aryl methyl sites for hydroxylation is 2. The van der Waals surface area contributed by atoms with E-state index >= 15 is 0 Å². The summed E-state index contributed by atoms with van der Waals surface area (Å²) < 4.78 is 5.66. The van der Waals surface area contributed by atoms with Gasteiger partial charge in [-0.05, 0) is 49.2 Å². The Morgan fingerprint density at radius 2 is 1.02 bits per heavy atom. The molecule has 3 fully saturated rings. The molecule has 2 heterocycles. The maximum atomic E-state index is 14.1. The molecule has 3 aromatic carbocycles. The lowest BCUT2D eigenvalue weighted by Crippen LogP contribution is -2.53. The third-order valence-electron chi connectivity index (χ3n) is 9.03. The molecule has 0 spiro atoms. The molecule has 8 nitrogen and oxygen atoms in total. The second kappa shape index (κ2) is 9.09. The number of rotatable bonds is 4. The van der Waals surface area contributed by atoms with Gasteiger partial charge < -0.3 is 4.74 Å². The summed E-state index contributed by atoms with van der Waals surface area (Å²) >= 11 is 0. The van der Waals surface area contributed by atoms with Crippen LogP contribution in [0.3, 0.4) is 0 Å². The van der Waals surface area contributed by atoms with E-state index in [1.807, 2.05) is 38.1 Å². The number of nitrogens with zero attached hydrogens (tertiary/aromatic N) is 2. The van der Waals surface area contributed by atoms with Crippen molar-refractivity contribution in [1.82, 2.24) is 0 Å². The van der Waals surface area contributed by atoms with Crippen molar-refractivity contribution in [3.8, 4) is 5.75 Å². The zero-order valence-electron chi connectivity index (χ0n) is 22.4. The molecule has 0 aromatic heterocycles. The third-order valence-corrected chi connectivity index (χ3v) is 9.03. The number of allylic oxidation sites excluding steroid dienone is 1. The van der Waals surface area contributed by atoms with Crippen LogP contribution in [0.5, 0.6) is 5.75 Å². The molecule has 5 aliphatic rings. The molecule has 8 heteroatoms. The first kappa shape index (κ1) is 25.1. The van der Waals surface area contributed by atoms with Crippen molar-refractivity contribution in [2.24, 2.45) is 35.5 Å². The van der Waals surface area contributed by atoms with Crippen molar-refractivity contribution >= 4 is 41.0 Å². The Morgan fingerprint density at radius 3 is 1.51 bits per heavy atom. The Balaban J connectivity index is 1.35. The van der Waals surface area contributed by atoms with Crippen LogP contribution in [0.1, 0.15) is 11.1 Å². The minimum atomic E-state index is -0.984. The van der Waals surface area contributed by atoms with Crippen LogP contribution in [0.15, 0.2) is 90.5 Å². The summed E-state index contributed by atoms with van der Waals surface area (Å²) in [5.41, 5.74) is 2.59. The Hall–Kier alpha value is -4.85. The van der Waals surface area contributed by atoms with Gasteiger partial charge in [0.2, 0.25) is 23.6 Å². The predicted molar refractivity (Wildman–Crippen MR) is 148 cm³/mol. The van der Waals surface area contributed by atoms with Gasteiger partial charge in [-0.25, -0.2) is 14.6 Å². The van der Waals surface area contributed by atoms with Crippen LogP contribution in [0.2, 0.25) is 0 Å². The summed E-state index contributed by atoms with van der Waals surface area (Å²) in [6.07, 6.45) is 1.62. The zero-order chi connectivity index (χ0) is 28.6. The number of anilines is 2. The van der Waals surface area contributed by atoms with Crippen molar-refractivity contribution < 1.29 is 28.7 Å². The second-order valence-corrected chi connectivity index (χ2v) is 11.1. The number of carbonyl (C=O) groups is 5. The fourth-order valence-electron chi connectivity index (χ4n) is 7.31. The van der Waals surface area contributed by atoms with Crippen molar-refractivity contribution in [1.29, 1.82) is 0 Å².